The Hall–Kier alpha value is -2.74. The Balaban J connectivity index is 1.25. The summed E-state index contributed by atoms with van der Waals surface area (Å²) in [6.07, 6.45) is 1.78. The molecule has 0 saturated carbocycles. The lowest BCUT2D eigenvalue weighted by Crippen LogP contribution is -2.44. The fourth-order valence-electron chi connectivity index (χ4n) is 4.55. The van der Waals surface area contributed by atoms with E-state index < -0.39 is 0 Å². The van der Waals surface area contributed by atoms with Gasteiger partial charge in [-0.15, -0.1) is 0 Å². The Morgan fingerprint density at radius 3 is 2.76 bits per heavy atom. The van der Waals surface area contributed by atoms with E-state index in [1.165, 1.54) is 5.56 Å². The van der Waals surface area contributed by atoms with Gasteiger partial charge in [0.05, 0.1) is 19.4 Å². The van der Waals surface area contributed by atoms with E-state index >= 15 is 0 Å². The van der Waals surface area contributed by atoms with E-state index in [0.29, 0.717) is 11.6 Å². The van der Waals surface area contributed by atoms with Crippen LogP contribution in [0.4, 0.5) is 11.5 Å². The molecule has 0 unspecified atom stereocenters. The molecule has 174 valence electrons. The summed E-state index contributed by atoms with van der Waals surface area (Å²) in [5, 5.41) is 11.8. The average molecular weight is 468 g/mol. The zero-order valence-electron chi connectivity index (χ0n) is 19.2. The van der Waals surface area contributed by atoms with Gasteiger partial charge in [-0.05, 0) is 49.4 Å². The molecule has 3 aromatic rings. The van der Waals surface area contributed by atoms with Crippen LogP contribution in [0.1, 0.15) is 17.5 Å². The maximum Gasteiger partial charge on any atom is 0.161 e. The number of hydrogen-bond acceptors (Lipinski definition) is 6. The molecule has 2 aromatic carbocycles. The molecule has 8 heteroatoms. The lowest BCUT2D eigenvalue weighted by molar-refractivity contribution is 0.145. The van der Waals surface area contributed by atoms with Crippen molar-refractivity contribution in [2.24, 2.45) is 0 Å². The number of nitrogens with one attached hydrogen (secondary N) is 2. The molecule has 33 heavy (non-hydrogen) atoms. The molecule has 7 nitrogen and oxygen atoms in total. The van der Waals surface area contributed by atoms with Crippen molar-refractivity contribution in [2.45, 2.75) is 12.8 Å². The zero-order chi connectivity index (χ0) is 22.8. The number of halogens is 1. The molecule has 0 amide bonds. The largest absolute Gasteiger partial charge is 0.493 e. The van der Waals surface area contributed by atoms with Crippen LogP contribution < -0.4 is 14.8 Å². The van der Waals surface area contributed by atoms with Crippen LogP contribution in [-0.2, 0) is 6.42 Å². The molecule has 0 radical (unpaired) electrons. The third kappa shape index (κ3) is 4.81. The van der Waals surface area contributed by atoms with Gasteiger partial charge in [0, 0.05) is 61.0 Å². The van der Waals surface area contributed by atoms with E-state index in [1.54, 1.807) is 7.11 Å². The molecule has 1 aliphatic carbocycles. The van der Waals surface area contributed by atoms with Crippen LogP contribution in [0, 0.1) is 0 Å². The minimum atomic E-state index is 0.675. The summed E-state index contributed by atoms with van der Waals surface area (Å²) in [4.78, 5) is 4.89. The minimum absolute atomic E-state index is 0.675. The quantitative estimate of drug-likeness (QED) is 0.374. The average Bonchev–Trinajstić information content (AvgIpc) is 3.36. The molecule has 1 fully saturated rings. The number of nitrogens with zero attached hydrogens (tertiary/aromatic N) is 3. The lowest BCUT2D eigenvalue weighted by Gasteiger charge is -2.32. The van der Waals surface area contributed by atoms with Gasteiger partial charge < -0.3 is 24.6 Å². The summed E-state index contributed by atoms with van der Waals surface area (Å²) < 4.78 is 11.8. The summed E-state index contributed by atoms with van der Waals surface area (Å²) >= 11 is 6.13. The van der Waals surface area contributed by atoms with Crippen molar-refractivity contribution in [2.75, 3.05) is 58.8 Å². The third-order valence-electron chi connectivity index (χ3n) is 6.45. The van der Waals surface area contributed by atoms with Gasteiger partial charge in [-0.2, -0.15) is 5.10 Å². The maximum atomic E-state index is 6.16. The van der Waals surface area contributed by atoms with E-state index in [1.807, 2.05) is 30.3 Å². The highest BCUT2D eigenvalue weighted by molar-refractivity contribution is 6.30. The summed E-state index contributed by atoms with van der Waals surface area (Å²) in [7, 11) is 3.87. The summed E-state index contributed by atoms with van der Waals surface area (Å²) in [6.45, 7) is 6.29. The Kier molecular flexibility index (Phi) is 6.44. The summed E-state index contributed by atoms with van der Waals surface area (Å²) in [5.41, 5.74) is 5.30. The van der Waals surface area contributed by atoms with Crippen molar-refractivity contribution >= 4 is 23.1 Å². The molecular formula is C25H30ClN5O2. The number of benzene rings is 2. The number of aromatic amines is 1. The number of H-pyrrole nitrogens is 1. The van der Waals surface area contributed by atoms with Crippen molar-refractivity contribution < 1.29 is 9.47 Å². The normalized spacial score (nSPS) is 15.8. The van der Waals surface area contributed by atoms with Gasteiger partial charge in [0.2, 0.25) is 0 Å². The first-order chi connectivity index (χ1) is 16.1. The monoisotopic (exact) mass is 467 g/mol. The van der Waals surface area contributed by atoms with Crippen LogP contribution in [0.2, 0.25) is 5.02 Å². The highest BCUT2D eigenvalue weighted by Crippen LogP contribution is 2.44. The van der Waals surface area contributed by atoms with Gasteiger partial charge in [-0.25, -0.2) is 0 Å². The molecule has 2 heterocycles. The lowest BCUT2D eigenvalue weighted by atomic mass is 10.1. The SMILES string of the molecule is COc1cc2c(cc1OCCCN1CCN(C)CC1)Cc1c-2n[nH]c1Nc1cccc(Cl)c1. The van der Waals surface area contributed by atoms with Crippen molar-refractivity contribution in [1.82, 2.24) is 20.0 Å². The third-order valence-corrected chi connectivity index (χ3v) is 6.68. The Morgan fingerprint density at radius 1 is 1.12 bits per heavy atom. The zero-order valence-corrected chi connectivity index (χ0v) is 19.9. The molecule has 0 spiro atoms. The number of aromatic nitrogens is 2. The fourth-order valence-corrected chi connectivity index (χ4v) is 4.74. The van der Waals surface area contributed by atoms with Crippen molar-refractivity contribution in [1.29, 1.82) is 0 Å². The van der Waals surface area contributed by atoms with E-state index in [4.69, 9.17) is 21.1 Å². The number of methoxy groups -OCH3 is 1. The van der Waals surface area contributed by atoms with E-state index in [9.17, 15) is 0 Å². The van der Waals surface area contributed by atoms with Crippen LogP contribution in [0.3, 0.4) is 0 Å². The Labute approximate surface area is 199 Å². The smallest absolute Gasteiger partial charge is 0.161 e. The second kappa shape index (κ2) is 9.63. The minimum Gasteiger partial charge on any atom is -0.493 e. The van der Waals surface area contributed by atoms with Gasteiger partial charge in [0.1, 0.15) is 5.82 Å². The molecule has 0 atom stereocenters. The van der Waals surface area contributed by atoms with Crippen LogP contribution in [0.15, 0.2) is 36.4 Å². The van der Waals surface area contributed by atoms with Crippen molar-refractivity contribution in [3.8, 4) is 22.8 Å². The molecule has 1 saturated heterocycles. The number of rotatable bonds is 8. The molecule has 2 N–H and O–H groups in total. The fraction of sp³-hybridized carbons (Fsp3) is 0.400. The summed E-state index contributed by atoms with van der Waals surface area (Å²) in [5.74, 6) is 2.43. The van der Waals surface area contributed by atoms with Crippen LogP contribution in [-0.4, -0.2) is 73.5 Å². The van der Waals surface area contributed by atoms with E-state index in [2.05, 4.69) is 38.4 Å². The maximum absolute atomic E-state index is 6.16. The molecule has 0 bridgehead atoms. The molecule has 1 aliphatic heterocycles. The van der Waals surface area contributed by atoms with Crippen LogP contribution in [0.25, 0.3) is 11.3 Å². The number of piperazine rings is 1. The molecule has 1 aromatic heterocycles. The standard InChI is InChI=1S/C25H30ClN5O2/c1-30-8-10-31(11-9-30)7-4-12-33-23-14-17-13-21-24(20(17)16-22(23)32-2)28-29-25(21)27-19-6-3-5-18(26)15-19/h3,5-6,14-16H,4,7-13H2,1-2H3,(H2,27,28,29). The van der Waals surface area contributed by atoms with Crippen LogP contribution in [0.5, 0.6) is 11.5 Å². The molecular weight excluding hydrogens is 438 g/mol. The Bertz CT molecular complexity index is 1120. The van der Waals surface area contributed by atoms with Crippen molar-refractivity contribution in [3.05, 3.63) is 52.5 Å². The summed E-state index contributed by atoms with van der Waals surface area (Å²) in [6, 6.07) is 11.8. The Morgan fingerprint density at radius 2 is 1.97 bits per heavy atom. The van der Waals surface area contributed by atoms with Crippen LogP contribution >= 0.6 is 11.6 Å². The number of likely N-dealkylation sites (N-methyl/N-ethyl adjacent to an activating group) is 1. The molecule has 5 rings (SSSR count). The first kappa shape index (κ1) is 22.1. The number of ether oxygens (including phenoxy) is 2. The second-order valence-corrected chi connectivity index (χ2v) is 9.18. The van der Waals surface area contributed by atoms with Gasteiger partial charge in [0.25, 0.3) is 0 Å². The molecule has 2 aliphatic rings. The highest BCUT2D eigenvalue weighted by Gasteiger charge is 2.27. The van der Waals surface area contributed by atoms with E-state index in [-0.39, 0.29) is 0 Å². The van der Waals surface area contributed by atoms with Crippen molar-refractivity contribution in [3.63, 3.8) is 0 Å². The number of hydrogen-bond donors (Lipinski definition) is 2. The van der Waals surface area contributed by atoms with Gasteiger partial charge in [-0.3, -0.25) is 5.10 Å². The first-order valence-electron chi connectivity index (χ1n) is 11.5. The van der Waals surface area contributed by atoms with Gasteiger partial charge in [0.15, 0.2) is 11.5 Å². The van der Waals surface area contributed by atoms with Gasteiger partial charge in [-0.1, -0.05) is 17.7 Å². The number of fused-ring (bicyclic) bond motifs is 3. The predicted molar refractivity (Wildman–Crippen MR) is 132 cm³/mol. The topological polar surface area (TPSA) is 65.7 Å². The first-order valence-corrected chi connectivity index (χ1v) is 11.8. The van der Waals surface area contributed by atoms with Gasteiger partial charge >= 0.3 is 0 Å². The second-order valence-electron chi connectivity index (χ2n) is 8.75. The van der Waals surface area contributed by atoms with E-state index in [0.717, 1.165) is 85.4 Å². The number of anilines is 2. The highest BCUT2D eigenvalue weighted by atomic mass is 35.5. The predicted octanol–water partition coefficient (Wildman–Crippen LogP) is 4.40.